The lowest BCUT2D eigenvalue weighted by Gasteiger charge is -2.19. The normalized spacial score (nSPS) is 14.1. The molecule has 0 aromatic carbocycles. The lowest BCUT2D eigenvalue weighted by molar-refractivity contribution is -0.153. The van der Waals surface area contributed by atoms with Crippen molar-refractivity contribution in [3.8, 4) is 0 Å². The first-order valence-corrected chi connectivity index (χ1v) is 21.8. The fourth-order valence-corrected chi connectivity index (χ4v) is 6.03. The average Bonchev–Trinajstić information content (AvgIpc) is 3.12. The molecular weight excluding hydrogens is 661 g/mol. The van der Waals surface area contributed by atoms with Gasteiger partial charge in [0.15, 0.2) is 6.10 Å². The highest BCUT2D eigenvalue weighted by molar-refractivity contribution is 7.47. The van der Waals surface area contributed by atoms with E-state index in [9.17, 15) is 14.3 Å². The van der Waals surface area contributed by atoms with Gasteiger partial charge in [-0.2, -0.15) is 0 Å². The summed E-state index contributed by atoms with van der Waals surface area (Å²) in [4.78, 5) is 22.4. The summed E-state index contributed by atoms with van der Waals surface area (Å²) in [5.41, 5.74) is 5.35. The Morgan fingerprint density at radius 2 is 1.06 bits per heavy atom. The molecular formula is C42H76NO7P. The molecule has 0 aliphatic carbocycles. The molecule has 0 aromatic heterocycles. The molecule has 2 atom stereocenters. The summed E-state index contributed by atoms with van der Waals surface area (Å²) < 4.78 is 33.0. The van der Waals surface area contributed by atoms with Crippen molar-refractivity contribution in [2.45, 2.75) is 174 Å². The van der Waals surface area contributed by atoms with Crippen molar-refractivity contribution >= 4 is 13.8 Å². The van der Waals surface area contributed by atoms with E-state index in [1.807, 2.05) is 18.2 Å². The molecule has 0 amide bonds. The fraction of sp³-hybridized carbons (Fsp3) is 0.738. The van der Waals surface area contributed by atoms with Crippen molar-refractivity contribution in [3.63, 3.8) is 0 Å². The van der Waals surface area contributed by atoms with Crippen LogP contribution < -0.4 is 5.73 Å². The number of hydrogen-bond donors (Lipinski definition) is 2. The average molecular weight is 738 g/mol. The zero-order chi connectivity index (χ0) is 37.4. The van der Waals surface area contributed by atoms with E-state index in [2.05, 4.69) is 50.3 Å². The number of phosphoric ester groups is 1. The summed E-state index contributed by atoms with van der Waals surface area (Å²) in [5.74, 6) is -0.431. The quantitative estimate of drug-likeness (QED) is 0.0211. The molecule has 0 aromatic rings. The van der Waals surface area contributed by atoms with Crippen LogP contribution in [-0.2, 0) is 27.9 Å². The second-order valence-corrected chi connectivity index (χ2v) is 14.7. The van der Waals surface area contributed by atoms with E-state index >= 15 is 0 Å². The highest BCUT2D eigenvalue weighted by Gasteiger charge is 2.25. The fourth-order valence-electron chi connectivity index (χ4n) is 5.26. The molecule has 0 fully saturated rings. The number of ether oxygens (including phenoxy) is 2. The SMILES string of the molecule is CCCCCCC=CCC=CCC=CCC=CCCC(=O)OC(COC=CCCCCCCCCCCCCCCC)COP(=O)(O)OCCN. The summed E-state index contributed by atoms with van der Waals surface area (Å²) in [6.45, 7) is 4.13. The summed E-state index contributed by atoms with van der Waals surface area (Å²) in [7, 11) is -4.31. The molecule has 51 heavy (non-hydrogen) atoms. The number of phosphoric acid groups is 1. The number of allylic oxidation sites excluding steroid dienone is 9. The van der Waals surface area contributed by atoms with Gasteiger partial charge in [0.2, 0.25) is 0 Å². The maximum atomic E-state index is 12.5. The summed E-state index contributed by atoms with van der Waals surface area (Å²) in [6, 6.07) is 0. The van der Waals surface area contributed by atoms with Gasteiger partial charge in [0.25, 0.3) is 0 Å². The number of unbranched alkanes of at least 4 members (excludes halogenated alkanes) is 17. The van der Waals surface area contributed by atoms with Gasteiger partial charge in [-0.1, -0.05) is 159 Å². The Labute approximate surface area is 313 Å². The minimum atomic E-state index is -4.31. The Bertz CT molecular complexity index is 963. The maximum Gasteiger partial charge on any atom is 0.472 e. The van der Waals surface area contributed by atoms with Gasteiger partial charge in [0.05, 0.1) is 19.5 Å². The molecule has 0 saturated carbocycles. The smallest absolute Gasteiger partial charge is 0.472 e. The Hall–Kier alpha value is -1.96. The Morgan fingerprint density at radius 3 is 1.59 bits per heavy atom. The number of carbonyl (C=O) groups excluding carboxylic acids is 1. The van der Waals surface area contributed by atoms with Gasteiger partial charge < -0.3 is 20.1 Å². The van der Waals surface area contributed by atoms with Gasteiger partial charge in [0, 0.05) is 13.0 Å². The van der Waals surface area contributed by atoms with E-state index in [0.29, 0.717) is 6.42 Å². The number of rotatable bonds is 38. The van der Waals surface area contributed by atoms with Gasteiger partial charge in [-0.25, -0.2) is 4.57 Å². The molecule has 8 nitrogen and oxygen atoms in total. The first kappa shape index (κ1) is 49.0. The first-order valence-electron chi connectivity index (χ1n) is 20.3. The molecule has 0 spiro atoms. The van der Waals surface area contributed by atoms with E-state index in [0.717, 1.165) is 32.1 Å². The number of nitrogens with two attached hydrogens (primary N) is 1. The first-order chi connectivity index (χ1) is 24.9. The topological polar surface area (TPSA) is 117 Å². The predicted octanol–water partition coefficient (Wildman–Crippen LogP) is 12.1. The maximum absolute atomic E-state index is 12.5. The van der Waals surface area contributed by atoms with Crippen LogP contribution in [0.2, 0.25) is 0 Å². The van der Waals surface area contributed by atoms with Gasteiger partial charge >= 0.3 is 13.8 Å². The van der Waals surface area contributed by atoms with Crippen molar-refractivity contribution in [1.29, 1.82) is 0 Å². The van der Waals surface area contributed by atoms with E-state index in [4.69, 9.17) is 24.3 Å². The van der Waals surface area contributed by atoms with Crippen LogP contribution in [0.15, 0.2) is 60.9 Å². The van der Waals surface area contributed by atoms with Gasteiger partial charge in [0.1, 0.15) is 6.61 Å². The van der Waals surface area contributed by atoms with E-state index in [-0.39, 0.29) is 32.8 Å². The Balaban J connectivity index is 4.25. The van der Waals surface area contributed by atoms with Crippen LogP contribution in [0.5, 0.6) is 0 Å². The summed E-state index contributed by atoms with van der Waals surface area (Å²) >= 11 is 0. The molecule has 0 aliphatic rings. The third-order valence-electron chi connectivity index (χ3n) is 8.27. The summed E-state index contributed by atoms with van der Waals surface area (Å²) in [6.07, 6.45) is 47.7. The number of hydrogen-bond acceptors (Lipinski definition) is 7. The van der Waals surface area contributed by atoms with Gasteiger partial charge in [-0.05, 0) is 57.4 Å². The molecule has 296 valence electrons. The largest absolute Gasteiger partial charge is 0.498 e. The standard InChI is InChI=1S/C42H76NO7P/c1-3-5-7-9-11-13-15-17-19-20-21-23-25-27-29-31-33-35-42(44)50-41(40-49-51(45,46)48-38-36-43)39-47-37-34-32-30-28-26-24-22-18-16-14-12-10-8-6-4-2/h13,15,19-20,23,25,29,31,34,37,41H,3-12,14,16-18,21-22,24,26-28,30,32-33,35-36,38-40,43H2,1-2H3,(H,45,46). The Kier molecular flexibility index (Phi) is 37.7. The molecule has 0 aliphatic heterocycles. The van der Waals surface area contributed by atoms with Crippen molar-refractivity contribution in [1.82, 2.24) is 0 Å². The predicted molar refractivity (Wildman–Crippen MR) is 214 cm³/mol. The van der Waals surface area contributed by atoms with Crippen LogP contribution in [0.4, 0.5) is 0 Å². The van der Waals surface area contributed by atoms with E-state index in [1.165, 1.54) is 109 Å². The second kappa shape index (κ2) is 39.3. The van der Waals surface area contributed by atoms with Crippen LogP contribution in [0, 0.1) is 0 Å². The molecule has 9 heteroatoms. The summed E-state index contributed by atoms with van der Waals surface area (Å²) in [5, 5.41) is 0. The van der Waals surface area contributed by atoms with Gasteiger partial charge in [-0.3, -0.25) is 13.8 Å². The highest BCUT2D eigenvalue weighted by atomic mass is 31.2. The van der Waals surface area contributed by atoms with Crippen molar-refractivity contribution in [3.05, 3.63) is 60.9 Å². The lowest BCUT2D eigenvalue weighted by atomic mass is 10.0. The molecule has 3 N–H and O–H groups in total. The minimum absolute atomic E-state index is 0.00213. The third-order valence-corrected chi connectivity index (χ3v) is 9.25. The number of carbonyl (C=O) groups is 1. The second-order valence-electron chi connectivity index (χ2n) is 13.2. The zero-order valence-electron chi connectivity index (χ0n) is 32.6. The monoisotopic (exact) mass is 738 g/mol. The van der Waals surface area contributed by atoms with E-state index < -0.39 is 19.9 Å². The third kappa shape index (κ3) is 39.1. The molecule has 0 rings (SSSR count). The zero-order valence-corrected chi connectivity index (χ0v) is 33.5. The number of esters is 1. The van der Waals surface area contributed by atoms with Crippen LogP contribution in [0.1, 0.15) is 168 Å². The van der Waals surface area contributed by atoms with Crippen molar-refractivity contribution in [2.24, 2.45) is 5.73 Å². The lowest BCUT2D eigenvalue weighted by Crippen LogP contribution is -2.27. The van der Waals surface area contributed by atoms with Crippen LogP contribution in [0.3, 0.4) is 0 Å². The molecule has 0 radical (unpaired) electrons. The van der Waals surface area contributed by atoms with Crippen LogP contribution in [-0.4, -0.2) is 43.3 Å². The highest BCUT2D eigenvalue weighted by Crippen LogP contribution is 2.43. The molecule has 0 heterocycles. The molecule has 2 unspecified atom stereocenters. The molecule has 0 bridgehead atoms. The van der Waals surface area contributed by atoms with Gasteiger partial charge in [-0.15, -0.1) is 0 Å². The van der Waals surface area contributed by atoms with Crippen molar-refractivity contribution < 1.29 is 32.8 Å². The van der Waals surface area contributed by atoms with E-state index in [1.54, 1.807) is 6.26 Å². The Morgan fingerprint density at radius 1 is 0.608 bits per heavy atom. The van der Waals surface area contributed by atoms with Crippen LogP contribution in [0.25, 0.3) is 0 Å². The minimum Gasteiger partial charge on any atom is -0.498 e. The van der Waals surface area contributed by atoms with Crippen LogP contribution >= 0.6 is 7.82 Å². The van der Waals surface area contributed by atoms with Crippen molar-refractivity contribution in [2.75, 3.05) is 26.4 Å². The molecule has 0 saturated heterocycles.